The summed E-state index contributed by atoms with van der Waals surface area (Å²) in [4.78, 5) is 36.1. The second kappa shape index (κ2) is 8.07. The molecule has 0 saturated carbocycles. The fourth-order valence-electron chi connectivity index (χ4n) is 2.47. The van der Waals surface area contributed by atoms with E-state index >= 15 is 0 Å². The average molecular weight is 371 g/mol. The molecule has 0 bridgehead atoms. The molecule has 144 valence electrons. The van der Waals surface area contributed by atoms with E-state index in [1.807, 2.05) is 0 Å². The Labute approximate surface area is 158 Å². The maximum Gasteiger partial charge on any atom is 0.338 e. The van der Waals surface area contributed by atoms with Crippen molar-refractivity contribution < 1.29 is 19.1 Å². The molecule has 0 fully saturated rings. The van der Waals surface area contributed by atoms with Gasteiger partial charge in [-0.2, -0.15) is 0 Å². The Morgan fingerprint density at radius 3 is 2.37 bits per heavy atom. The fourth-order valence-corrected chi connectivity index (χ4v) is 2.47. The molecular formula is C20H25N3O4. The van der Waals surface area contributed by atoms with Gasteiger partial charge in [-0.3, -0.25) is 9.59 Å². The summed E-state index contributed by atoms with van der Waals surface area (Å²) in [7, 11) is 1.79. The minimum Gasteiger partial charge on any atom is -0.456 e. The maximum absolute atomic E-state index is 12.4. The number of Topliss-reactive ketones (excluding diaryl/α,β-unsaturated/α-hetero) is 1. The number of hydrogen-bond acceptors (Lipinski definition) is 5. The third kappa shape index (κ3) is 5.70. The predicted octanol–water partition coefficient (Wildman–Crippen LogP) is 3.23. The molecule has 0 aliphatic carbocycles. The summed E-state index contributed by atoms with van der Waals surface area (Å²) in [5.41, 5.74) is 1.22. The Morgan fingerprint density at radius 1 is 1.11 bits per heavy atom. The molecule has 2 N–H and O–H groups in total. The maximum atomic E-state index is 12.4. The second-order valence-electron chi connectivity index (χ2n) is 7.22. The molecule has 2 rings (SSSR count). The van der Waals surface area contributed by atoms with Gasteiger partial charge in [0.25, 0.3) is 0 Å². The highest BCUT2D eigenvalue weighted by atomic mass is 16.6. The number of aromatic nitrogens is 1. The van der Waals surface area contributed by atoms with Crippen LogP contribution in [0, 0.1) is 0 Å². The van der Waals surface area contributed by atoms with Gasteiger partial charge in [0.1, 0.15) is 5.60 Å². The molecule has 0 radical (unpaired) electrons. The minimum absolute atomic E-state index is 0.0161. The number of esters is 1. The summed E-state index contributed by atoms with van der Waals surface area (Å²) >= 11 is 0. The molecule has 7 heteroatoms. The molecule has 0 spiro atoms. The van der Waals surface area contributed by atoms with Gasteiger partial charge in [-0.25, -0.2) is 4.79 Å². The van der Waals surface area contributed by atoms with Crippen molar-refractivity contribution in [3.05, 3.63) is 47.8 Å². The number of carbonyl (C=O) groups is 3. The van der Waals surface area contributed by atoms with E-state index in [0.717, 1.165) is 0 Å². The van der Waals surface area contributed by atoms with E-state index in [0.29, 0.717) is 22.6 Å². The van der Waals surface area contributed by atoms with Crippen LogP contribution >= 0.6 is 0 Å². The Balaban J connectivity index is 2.23. The Bertz CT molecular complexity index is 862. The number of rotatable bonds is 6. The fraction of sp³-hybridized carbons (Fsp3) is 0.350. The van der Waals surface area contributed by atoms with Crippen LogP contribution in [-0.2, 0) is 16.6 Å². The number of aryl methyl sites for hydroxylation is 1. The number of benzene rings is 1. The van der Waals surface area contributed by atoms with Crippen molar-refractivity contribution in [2.75, 3.05) is 17.2 Å². The lowest BCUT2D eigenvalue weighted by Crippen LogP contribution is -2.24. The zero-order chi connectivity index (χ0) is 20.2. The van der Waals surface area contributed by atoms with Crippen LogP contribution in [0.4, 0.5) is 11.4 Å². The van der Waals surface area contributed by atoms with Gasteiger partial charge < -0.3 is 19.9 Å². The van der Waals surface area contributed by atoms with Crippen molar-refractivity contribution in [3.63, 3.8) is 0 Å². The van der Waals surface area contributed by atoms with Crippen molar-refractivity contribution in [2.24, 2.45) is 7.05 Å². The topological polar surface area (TPSA) is 89.4 Å². The second-order valence-corrected chi connectivity index (χ2v) is 7.22. The van der Waals surface area contributed by atoms with Crippen LogP contribution < -0.4 is 10.6 Å². The van der Waals surface area contributed by atoms with Crippen LogP contribution in [0.2, 0.25) is 0 Å². The van der Waals surface area contributed by atoms with Gasteiger partial charge in [-0.15, -0.1) is 0 Å². The lowest BCUT2D eigenvalue weighted by Gasteiger charge is -2.20. The van der Waals surface area contributed by atoms with Crippen molar-refractivity contribution in [2.45, 2.75) is 33.3 Å². The lowest BCUT2D eigenvalue weighted by atomic mass is 10.1. The van der Waals surface area contributed by atoms with E-state index in [2.05, 4.69) is 10.6 Å². The molecule has 1 amide bonds. The summed E-state index contributed by atoms with van der Waals surface area (Å²) in [5.74, 6) is -0.843. The molecule has 0 atom stereocenters. The lowest BCUT2D eigenvalue weighted by molar-refractivity contribution is -0.114. The Hall–Kier alpha value is -3.09. The predicted molar refractivity (Wildman–Crippen MR) is 104 cm³/mol. The summed E-state index contributed by atoms with van der Waals surface area (Å²) in [6.45, 7) is 6.76. The third-order valence-corrected chi connectivity index (χ3v) is 3.63. The van der Waals surface area contributed by atoms with Gasteiger partial charge in [0.05, 0.1) is 29.2 Å². The standard InChI is InChI=1S/C20H25N3O4/c1-13(24)22-15-9-8-14(19(26)27-20(2,3)4)11-16(15)21-12-18(25)17-7-6-10-23(17)5/h6-11,21H,12H2,1-5H3,(H,22,24). The van der Waals surface area contributed by atoms with Gasteiger partial charge in [0.15, 0.2) is 5.78 Å². The molecule has 0 aliphatic rings. The number of nitrogens with zero attached hydrogens (tertiary/aromatic N) is 1. The molecular weight excluding hydrogens is 346 g/mol. The van der Waals surface area contributed by atoms with Crippen molar-refractivity contribution in [3.8, 4) is 0 Å². The summed E-state index contributed by atoms with van der Waals surface area (Å²) in [5, 5.41) is 5.69. The van der Waals surface area contributed by atoms with E-state index in [4.69, 9.17) is 4.74 Å². The average Bonchev–Trinajstić information content (AvgIpc) is 2.97. The molecule has 0 unspecified atom stereocenters. The Kier molecular flexibility index (Phi) is 6.05. The van der Waals surface area contributed by atoms with Crippen molar-refractivity contribution >= 4 is 29.0 Å². The van der Waals surface area contributed by atoms with Crippen LogP contribution in [0.25, 0.3) is 0 Å². The van der Waals surface area contributed by atoms with Crippen LogP contribution in [0.15, 0.2) is 36.5 Å². The van der Waals surface area contributed by atoms with Crippen molar-refractivity contribution in [1.82, 2.24) is 4.57 Å². The van der Waals surface area contributed by atoms with Gasteiger partial charge in [-0.05, 0) is 51.1 Å². The van der Waals surface area contributed by atoms with E-state index in [1.165, 1.54) is 6.92 Å². The first-order valence-corrected chi connectivity index (χ1v) is 8.60. The highest BCUT2D eigenvalue weighted by Gasteiger charge is 2.19. The number of carbonyl (C=O) groups excluding carboxylic acids is 3. The molecule has 27 heavy (non-hydrogen) atoms. The molecule has 2 aromatic rings. The van der Waals surface area contributed by atoms with Gasteiger partial charge in [-0.1, -0.05) is 0 Å². The van der Waals surface area contributed by atoms with E-state index < -0.39 is 11.6 Å². The van der Waals surface area contributed by atoms with Crippen LogP contribution in [0.3, 0.4) is 0 Å². The highest BCUT2D eigenvalue weighted by Crippen LogP contribution is 2.25. The number of amides is 1. The van der Waals surface area contributed by atoms with Crippen LogP contribution in [0.5, 0.6) is 0 Å². The first-order valence-electron chi connectivity index (χ1n) is 8.60. The molecule has 0 saturated heterocycles. The van der Waals surface area contributed by atoms with Gasteiger partial charge in [0, 0.05) is 20.2 Å². The number of nitrogens with one attached hydrogen (secondary N) is 2. The van der Waals surface area contributed by atoms with Gasteiger partial charge >= 0.3 is 5.97 Å². The highest BCUT2D eigenvalue weighted by molar-refractivity contribution is 6.00. The zero-order valence-electron chi connectivity index (χ0n) is 16.3. The van der Waals surface area contributed by atoms with E-state index in [9.17, 15) is 14.4 Å². The SMILES string of the molecule is CC(=O)Nc1ccc(C(=O)OC(C)(C)C)cc1NCC(=O)c1cccn1C. The molecule has 0 aliphatic heterocycles. The molecule has 7 nitrogen and oxygen atoms in total. The van der Waals surface area contributed by atoms with Crippen LogP contribution in [-0.4, -0.2) is 34.4 Å². The monoisotopic (exact) mass is 371 g/mol. The molecule has 1 aromatic heterocycles. The first kappa shape index (κ1) is 20.2. The molecule has 1 aromatic carbocycles. The van der Waals surface area contributed by atoms with E-state index in [1.54, 1.807) is 68.9 Å². The number of ether oxygens (including phenoxy) is 1. The summed E-state index contributed by atoms with van der Waals surface area (Å²) in [6.07, 6.45) is 1.79. The van der Waals surface area contributed by atoms with Gasteiger partial charge in [0.2, 0.25) is 5.91 Å². The van der Waals surface area contributed by atoms with E-state index in [-0.39, 0.29) is 18.2 Å². The Morgan fingerprint density at radius 2 is 1.81 bits per heavy atom. The molecule has 1 heterocycles. The summed E-state index contributed by atoms with van der Waals surface area (Å²) < 4.78 is 7.11. The zero-order valence-corrected chi connectivity index (χ0v) is 16.3. The number of hydrogen-bond donors (Lipinski definition) is 2. The summed E-state index contributed by atoms with van der Waals surface area (Å²) in [6, 6.07) is 8.27. The van der Waals surface area contributed by atoms with Crippen LogP contribution in [0.1, 0.15) is 48.5 Å². The largest absolute Gasteiger partial charge is 0.456 e. The minimum atomic E-state index is -0.622. The smallest absolute Gasteiger partial charge is 0.338 e. The number of anilines is 2. The third-order valence-electron chi connectivity index (χ3n) is 3.63. The van der Waals surface area contributed by atoms with Crippen molar-refractivity contribution in [1.29, 1.82) is 0 Å². The number of ketones is 1. The quantitative estimate of drug-likeness (QED) is 0.601. The first-order chi connectivity index (χ1) is 12.6. The normalized spacial score (nSPS) is 11.0.